The number of halogens is 1. The van der Waals surface area contributed by atoms with Crippen LogP contribution < -0.4 is 5.32 Å². The van der Waals surface area contributed by atoms with Gasteiger partial charge in [-0.3, -0.25) is 0 Å². The lowest BCUT2D eigenvalue weighted by Gasteiger charge is -2.11. The molecule has 0 saturated heterocycles. The monoisotopic (exact) mass is 430 g/mol. The highest BCUT2D eigenvalue weighted by Gasteiger charge is 2.11. The highest BCUT2D eigenvalue weighted by molar-refractivity contribution is 5.94. The van der Waals surface area contributed by atoms with Crippen LogP contribution in [0, 0.1) is 17.1 Å². The molecular weight excluding hydrogens is 411 g/mol. The van der Waals surface area contributed by atoms with Crippen LogP contribution in [0.15, 0.2) is 97.3 Å². The van der Waals surface area contributed by atoms with Crippen molar-refractivity contribution >= 4 is 22.4 Å². The number of rotatable bonds is 5. The van der Waals surface area contributed by atoms with Crippen LogP contribution in [-0.2, 0) is 6.42 Å². The molecule has 4 aromatic carbocycles. The molecule has 5 heteroatoms. The van der Waals surface area contributed by atoms with Gasteiger partial charge in [-0.05, 0) is 52.6 Å². The van der Waals surface area contributed by atoms with Crippen molar-refractivity contribution in [2.75, 3.05) is 5.32 Å². The highest BCUT2D eigenvalue weighted by Crippen LogP contribution is 2.32. The molecule has 0 aliphatic heterocycles. The van der Waals surface area contributed by atoms with Crippen molar-refractivity contribution in [3.8, 4) is 28.3 Å². The summed E-state index contributed by atoms with van der Waals surface area (Å²) in [6.45, 7) is 0. The first-order chi connectivity index (χ1) is 16.2. The summed E-state index contributed by atoms with van der Waals surface area (Å²) in [6, 6.07) is 30.5. The lowest BCUT2D eigenvalue weighted by Crippen LogP contribution is -1.97. The van der Waals surface area contributed by atoms with E-state index in [0.717, 1.165) is 38.8 Å². The van der Waals surface area contributed by atoms with E-state index in [9.17, 15) is 0 Å². The Bertz CT molecular complexity index is 1470. The second kappa shape index (κ2) is 8.89. The van der Waals surface area contributed by atoms with Crippen LogP contribution in [0.5, 0.6) is 0 Å². The third-order valence-corrected chi connectivity index (χ3v) is 5.52. The molecule has 0 bridgehead atoms. The van der Waals surface area contributed by atoms with E-state index in [1.54, 1.807) is 6.07 Å². The zero-order chi connectivity index (χ0) is 22.6. The van der Waals surface area contributed by atoms with Gasteiger partial charge in [-0.1, -0.05) is 60.7 Å². The van der Waals surface area contributed by atoms with Gasteiger partial charge in [-0.25, -0.2) is 14.4 Å². The third kappa shape index (κ3) is 4.28. The standard InChI is InChI=1S/C28H19FN4/c29-26-17-21(20-4-2-1-3-5-20)8-12-24(26)22-9-13-27-25(16-22)28(32-18-31-27)33-23-10-6-19(7-11-23)14-15-30/h1-13,16-18H,14H2,(H,31,32,33). The molecule has 33 heavy (non-hydrogen) atoms. The van der Waals surface area contributed by atoms with Gasteiger partial charge in [0, 0.05) is 16.6 Å². The second-order valence-corrected chi connectivity index (χ2v) is 7.67. The summed E-state index contributed by atoms with van der Waals surface area (Å²) in [5.74, 6) is 0.353. The Kier molecular flexibility index (Phi) is 5.48. The highest BCUT2D eigenvalue weighted by atomic mass is 19.1. The minimum absolute atomic E-state index is 0.282. The van der Waals surface area contributed by atoms with Gasteiger partial charge in [-0.2, -0.15) is 5.26 Å². The maximum Gasteiger partial charge on any atom is 0.141 e. The van der Waals surface area contributed by atoms with E-state index in [0.29, 0.717) is 17.8 Å². The number of hydrogen-bond donors (Lipinski definition) is 1. The van der Waals surface area contributed by atoms with E-state index in [1.807, 2.05) is 84.9 Å². The number of aromatic nitrogens is 2. The van der Waals surface area contributed by atoms with Gasteiger partial charge in [0.25, 0.3) is 0 Å². The summed E-state index contributed by atoms with van der Waals surface area (Å²) >= 11 is 0. The van der Waals surface area contributed by atoms with E-state index in [-0.39, 0.29) is 5.82 Å². The second-order valence-electron chi connectivity index (χ2n) is 7.67. The van der Waals surface area contributed by atoms with E-state index >= 15 is 4.39 Å². The van der Waals surface area contributed by atoms with E-state index < -0.39 is 0 Å². The summed E-state index contributed by atoms with van der Waals surface area (Å²) in [7, 11) is 0. The fourth-order valence-corrected chi connectivity index (χ4v) is 3.82. The molecule has 158 valence electrons. The van der Waals surface area contributed by atoms with Gasteiger partial charge >= 0.3 is 0 Å². The maximum atomic E-state index is 15.1. The zero-order valence-electron chi connectivity index (χ0n) is 17.7. The summed E-state index contributed by atoms with van der Waals surface area (Å²) in [4.78, 5) is 8.76. The SMILES string of the molecule is N#CCc1ccc(Nc2ncnc3ccc(-c4ccc(-c5ccccc5)cc4F)cc23)cc1. The number of nitrogens with one attached hydrogen (secondary N) is 1. The number of anilines is 2. The van der Waals surface area contributed by atoms with Crippen LogP contribution in [0.25, 0.3) is 33.2 Å². The molecule has 5 rings (SSSR count). The predicted molar refractivity (Wildman–Crippen MR) is 129 cm³/mol. The molecule has 5 aromatic rings. The molecule has 0 radical (unpaired) electrons. The molecular formula is C28H19FN4. The number of nitrogens with zero attached hydrogens (tertiary/aromatic N) is 3. The lowest BCUT2D eigenvalue weighted by molar-refractivity contribution is 0.632. The Labute approximate surface area is 191 Å². The third-order valence-electron chi connectivity index (χ3n) is 5.52. The summed E-state index contributed by atoms with van der Waals surface area (Å²) < 4.78 is 15.1. The Morgan fingerprint density at radius 3 is 2.33 bits per heavy atom. The first-order valence-electron chi connectivity index (χ1n) is 10.5. The van der Waals surface area contributed by atoms with Gasteiger partial charge in [-0.15, -0.1) is 0 Å². The summed E-state index contributed by atoms with van der Waals surface area (Å²) in [6.07, 6.45) is 1.87. The fourth-order valence-electron chi connectivity index (χ4n) is 3.82. The van der Waals surface area contributed by atoms with Crippen LogP contribution in [0.3, 0.4) is 0 Å². The number of hydrogen-bond acceptors (Lipinski definition) is 4. The van der Waals surface area contributed by atoms with Crippen molar-refractivity contribution in [2.24, 2.45) is 0 Å². The fraction of sp³-hybridized carbons (Fsp3) is 0.0357. The van der Waals surface area contributed by atoms with Crippen molar-refractivity contribution in [1.82, 2.24) is 9.97 Å². The first kappa shape index (κ1) is 20.3. The van der Waals surface area contributed by atoms with Gasteiger partial charge in [0.1, 0.15) is 18.0 Å². The Hall–Kier alpha value is -4.56. The molecule has 0 atom stereocenters. The summed E-state index contributed by atoms with van der Waals surface area (Å²) in [5, 5.41) is 13.0. The smallest absolute Gasteiger partial charge is 0.141 e. The minimum atomic E-state index is -0.282. The Balaban J connectivity index is 1.50. The Morgan fingerprint density at radius 2 is 1.58 bits per heavy atom. The molecule has 0 aliphatic carbocycles. The van der Waals surface area contributed by atoms with E-state index in [4.69, 9.17) is 5.26 Å². The average Bonchev–Trinajstić information content (AvgIpc) is 2.86. The van der Waals surface area contributed by atoms with Crippen molar-refractivity contribution in [2.45, 2.75) is 6.42 Å². The molecule has 1 N–H and O–H groups in total. The molecule has 1 aromatic heterocycles. The quantitative estimate of drug-likeness (QED) is 0.329. The van der Waals surface area contributed by atoms with E-state index in [1.165, 1.54) is 6.33 Å². The van der Waals surface area contributed by atoms with Crippen LogP contribution in [0.1, 0.15) is 5.56 Å². The number of nitriles is 1. The van der Waals surface area contributed by atoms with Crippen molar-refractivity contribution < 1.29 is 4.39 Å². The van der Waals surface area contributed by atoms with Crippen LogP contribution in [-0.4, -0.2) is 9.97 Å². The topological polar surface area (TPSA) is 61.6 Å². The van der Waals surface area contributed by atoms with Gasteiger partial charge in [0.2, 0.25) is 0 Å². The Morgan fingerprint density at radius 1 is 0.788 bits per heavy atom. The molecule has 0 amide bonds. The molecule has 0 fully saturated rings. The number of fused-ring (bicyclic) bond motifs is 1. The average molecular weight is 430 g/mol. The minimum Gasteiger partial charge on any atom is -0.340 e. The van der Waals surface area contributed by atoms with Crippen LogP contribution in [0.4, 0.5) is 15.9 Å². The van der Waals surface area contributed by atoms with Crippen LogP contribution in [0.2, 0.25) is 0 Å². The molecule has 0 saturated carbocycles. The van der Waals surface area contributed by atoms with Crippen LogP contribution >= 0.6 is 0 Å². The molecule has 0 aliphatic rings. The molecule has 4 nitrogen and oxygen atoms in total. The van der Waals surface area contributed by atoms with Crippen molar-refractivity contribution in [1.29, 1.82) is 5.26 Å². The zero-order valence-corrected chi connectivity index (χ0v) is 17.7. The van der Waals surface area contributed by atoms with Crippen molar-refractivity contribution in [3.63, 3.8) is 0 Å². The summed E-state index contributed by atoms with van der Waals surface area (Å²) in [5.41, 5.74) is 5.64. The lowest BCUT2D eigenvalue weighted by atomic mass is 9.98. The van der Waals surface area contributed by atoms with E-state index in [2.05, 4.69) is 21.4 Å². The predicted octanol–water partition coefficient (Wildman–Crippen LogP) is 6.91. The molecule has 1 heterocycles. The molecule has 0 unspecified atom stereocenters. The van der Waals surface area contributed by atoms with Gasteiger partial charge in [0.15, 0.2) is 0 Å². The van der Waals surface area contributed by atoms with Crippen molar-refractivity contribution in [3.05, 3.63) is 109 Å². The van der Waals surface area contributed by atoms with Gasteiger partial charge < -0.3 is 5.32 Å². The molecule has 0 spiro atoms. The normalized spacial score (nSPS) is 10.7. The maximum absolute atomic E-state index is 15.1. The largest absolute Gasteiger partial charge is 0.340 e. The first-order valence-corrected chi connectivity index (χ1v) is 10.5. The number of benzene rings is 4. The van der Waals surface area contributed by atoms with Gasteiger partial charge in [0.05, 0.1) is 18.0 Å².